The second-order valence-electron chi connectivity index (χ2n) is 6.28. The molecule has 0 aromatic carbocycles. The highest BCUT2D eigenvalue weighted by molar-refractivity contribution is 5.14. The summed E-state index contributed by atoms with van der Waals surface area (Å²) in [5.41, 5.74) is 6.10. The van der Waals surface area contributed by atoms with Crippen molar-refractivity contribution in [2.45, 2.75) is 58.4 Å². The van der Waals surface area contributed by atoms with Gasteiger partial charge in [-0.3, -0.25) is 0 Å². The van der Waals surface area contributed by atoms with E-state index < -0.39 is 0 Å². The molecule has 4 nitrogen and oxygen atoms in total. The maximum absolute atomic E-state index is 5.92. The fraction of sp³-hybridized carbons (Fsp3) is 0.833. The summed E-state index contributed by atoms with van der Waals surface area (Å²) in [6.07, 6.45) is 2.79. The van der Waals surface area contributed by atoms with Gasteiger partial charge in [-0.15, -0.1) is 0 Å². The van der Waals surface area contributed by atoms with Crippen LogP contribution in [0.2, 0.25) is 0 Å². The van der Waals surface area contributed by atoms with Gasteiger partial charge in [-0.1, -0.05) is 19.0 Å². The SMILES string of the molecule is CC(C)(N)CCc1nc(C2CC2(C)C)no1. The first kappa shape index (κ1) is 11.6. The van der Waals surface area contributed by atoms with Crippen molar-refractivity contribution >= 4 is 0 Å². The van der Waals surface area contributed by atoms with Gasteiger partial charge >= 0.3 is 0 Å². The molecule has 0 radical (unpaired) electrons. The molecule has 1 unspecified atom stereocenters. The Kier molecular flexibility index (Phi) is 2.57. The van der Waals surface area contributed by atoms with Crippen molar-refractivity contribution in [3.8, 4) is 0 Å². The molecule has 1 atom stereocenters. The van der Waals surface area contributed by atoms with E-state index in [-0.39, 0.29) is 5.54 Å². The highest BCUT2D eigenvalue weighted by Gasteiger charge is 2.49. The molecule has 1 saturated carbocycles. The number of hydrogen-bond donors (Lipinski definition) is 1. The van der Waals surface area contributed by atoms with Gasteiger partial charge in [-0.2, -0.15) is 4.98 Å². The third-order valence-corrected chi connectivity index (χ3v) is 3.29. The largest absolute Gasteiger partial charge is 0.339 e. The van der Waals surface area contributed by atoms with Gasteiger partial charge in [0.05, 0.1) is 0 Å². The van der Waals surface area contributed by atoms with E-state index in [1.807, 2.05) is 13.8 Å². The zero-order valence-electron chi connectivity index (χ0n) is 10.6. The van der Waals surface area contributed by atoms with Crippen molar-refractivity contribution in [1.82, 2.24) is 10.1 Å². The van der Waals surface area contributed by atoms with Gasteiger partial charge in [0.15, 0.2) is 5.82 Å². The van der Waals surface area contributed by atoms with E-state index >= 15 is 0 Å². The zero-order valence-corrected chi connectivity index (χ0v) is 10.6. The molecule has 0 spiro atoms. The Labute approximate surface area is 96.6 Å². The first-order valence-electron chi connectivity index (χ1n) is 5.89. The Balaban J connectivity index is 1.94. The minimum Gasteiger partial charge on any atom is -0.339 e. The number of nitrogens with zero attached hydrogens (tertiary/aromatic N) is 2. The third-order valence-electron chi connectivity index (χ3n) is 3.29. The second kappa shape index (κ2) is 3.55. The lowest BCUT2D eigenvalue weighted by atomic mass is 10.0. The molecule has 0 aliphatic heterocycles. The Morgan fingerprint density at radius 2 is 2.12 bits per heavy atom. The molecule has 0 saturated heterocycles. The van der Waals surface area contributed by atoms with Crippen LogP contribution in [-0.4, -0.2) is 15.7 Å². The van der Waals surface area contributed by atoms with Crippen LogP contribution in [-0.2, 0) is 6.42 Å². The minimum atomic E-state index is -0.173. The lowest BCUT2D eigenvalue weighted by Gasteiger charge is -2.16. The molecule has 1 heterocycles. The summed E-state index contributed by atoms with van der Waals surface area (Å²) in [4.78, 5) is 4.44. The van der Waals surface area contributed by atoms with Gasteiger partial charge in [-0.05, 0) is 32.1 Å². The van der Waals surface area contributed by atoms with E-state index in [9.17, 15) is 0 Å². The summed E-state index contributed by atoms with van der Waals surface area (Å²) in [6.45, 7) is 8.48. The number of aromatic nitrogens is 2. The van der Waals surface area contributed by atoms with Crippen molar-refractivity contribution in [3.63, 3.8) is 0 Å². The van der Waals surface area contributed by atoms with Crippen molar-refractivity contribution in [3.05, 3.63) is 11.7 Å². The zero-order chi connectivity index (χ0) is 12.0. The molecule has 1 aromatic heterocycles. The Bertz CT molecular complexity index is 376. The number of aryl methyl sites for hydroxylation is 1. The molecule has 1 aromatic rings. The molecule has 1 fully saturated rings. The lowest BCUT2D eigenvalue weighted by Crippen LogP contribution is -2.32. The van der Waals surface area contributed by atoms with Crippen LogP contribution in [0.5, 0.6) is 0 Å². The highest BCUT2D eigenvalue weighted by Crippen LogP contribution is 2.57. The monoisotopic (exact) mass is 223 g/mol. The summed E-state index contributed by atoms with van der Waals surface area (Å²) in [5.74, 6) is 2.07. The van der Waals surface area contributed by atoms with E-state index in [0.717, 1.165) is 31.0 Å². The standard InChI is InChI=1S/C12H21N3O/c1-11(2)7-8(11)10-14-9(16-15-10)5-6-12(3,4)13/h8H,5-7,13H2,1-4H3. The number of hydrogen-bond acceptors (Lipinski definition) is 4. The summed E-state index contributed by atoms with van der Waals surface area (Å²) >= 11 is 0. The van der Waals surface area contributed by atoms with Crippen molar-refractivity contribution in [2.75, 3.05) is 0 Å². The normalized spacial score (nSPS) is 23.4. The molecule has 0 amide bonds. The third kappa shape index (κ3) is 2.61. The van der Waals surface area contributed by atoms with Gasteiger partial charge < -0.3 is 10.3 Å². The van der Waals surface area contributed by atoms with Gasteiger partial charge in [0.25, 0.3) is 0 Å². The van der Waals surface area contributed by atoms with Crippen molar-refractivity contribution in [1.29, 1.82) is 0 Å². The quantitative estimate of drug-likeness (QED) is 0.850. The first-order chi connectivity index (χ1) is 7.28. The highest BCUT2D eigenvalue weighted by atomic mass is 16.5. The lowest BCUT2D eigenvalue weighted by molar-refractivity contribution is 0.353. The van der Waals surface area contributed by atoms with E-state index in [2.05, 4.69) is 24.0 Å². The maximum Gasteiger partial charge on any atom is 0.226 e. The molecule has 4 heteroatoms. The summed E-state index contributed by atoms with van der Waals surface area (Å²) in [5, 5.41) is 4.05. The fourth-order valence-corrected chi connectivity index (χ4v) is 1.85. The van der Waals surface area contributed by atoms with E-state index in [0.29, 0.717) is 11.3 Å². The van der Waals surface area contributed by atoms with Crippen LogP contribution in [0.4, 0.5) is 0 Å². The topological polar surface area (TPSA) is 64.9 Å². The molecule has 90 valence electrons. The van der Waals surface area contributed by atoms with Crippen LogP contribution in [0.15, 0.2) is 4.52 Å². The van der Waals surface area contributed by atoms with Crippen molar-refractivity contribution in [2.24, 2.45) is 11.1 Å². The predicted octanol–water partition coefficient (Wildman–Crippen LogP) is 2.25. The summed E-state index contributed by atoms with van der Waals surface area (Å²) in [6, 6.07) is 0. The molecular weight excluding hydrogens is 202 g/mol. The molecule has 1 aliphatic carbocycles. The smallest absolute Gasteiger partial charge is 0.226 e. The van der Waals surface area contributed by atoms with E-state index in [1.54, 1.807) is 0 Å². The van der Waals surface area contributed by atoms with Gasteiger partial charge in [-0.25, -0.2) is 0 Å². The van der Waals surface area contributed by atoms with Crippen LogP contribution in [0.3, 0.4) is 0 Å². The number of nitrogens with two attached hydrogens (primary N) is 1. The van der Waals surface area contributed by atoms with Crippen LogP contribution >= 0.6 is 0 Å². The number of rotatable bonds is 4. The fourth-order valence-electron chi connectivity index (χ4n) is 1.85. The molecule has 1 aliphatic rings. The van der Waals surface area contributed by atoms with Crippen LogP contribution in [0.1, 0.15) is 58.2 Å². The first-order valence-corrected chi connectivity index (χ1v) is 5.89. The Hall–Kier alpha value is -0.900. The van der Waals surface area contributed by atoms with E-state index in [4.69, 9.17) is 10.3 Å². The molecule has 2 rings (SSSR count). The summed E-state index contributed by atoms with van der Waals surface area (Å²) < 4.78 is 5.24. The maximum atomic E-state index is 5.92. The molecule has 0 bridgehead atoms. The van der Waals surface area contributed by atoms with E-state index in [1.165, 1.54) is 0 Å². The predicted molar refractivity (Wildman–Crippen MR) is 62.0 cm³/mol. The average molecular weight is 223 g/mol. The van der Waals surface area contributed by atoms with Gasteiger partial charge in [0.1, 0.15) is 0 Å². The minimum absolute atomic E-state index is 0.173. The van der Waals surface area contributed by atoms with Crippen LogP contribution < -0.4 is 5.73 Å². The van der Waals surface area contributed by atoms with Gasteiger partial charge in [0, 0.05) is 17.9 Å². The Morgan fingerprint density at radius 1 is 1.50 bits per heavy atom. The second-order valence-corrected chi connectivity index (χ2v) is 6.28. The van der Waals surface area contributed by atoms with Crippen LogP contribution in [0, 0.1) is 5.41 Å². The van der Waals surface area contributed by atoms with Crippen LogP contribution in [0.25, 0.3) is 0 Å². The molecule has 16 heavy (non-hydrogen) atoms. The molecule has 2 N–H and O–H groups in total. The average Bonchev–Trinajstić information content (AvgIpc) is 2.62. The Morgan fingerprint density at radius 3 is 2.62 bits per heavy atom. The molecular formula is C12H21N3O. The van der Waals surface area contributed by atoms with Gasteiger partial charge in [0.2, 0.25) is 5.89 Å². The van der Waals surface area contributed by atoms with Crippen molar-refractivity contribution < 1.29 is 4.52 Å². The summed E-state index contributed by atoms with van der Waals surface area (Å²) in [7, 11) is 0.